The first-order chi connectivity index (χ1) is 9.69. The molecule has 0 saturated heterocycles. The SMILES string of the molecule is NC1(C(=O)Nc2ccnc3ccncc23)CCCCC1. The minimum absolute atomic E-state index is 0.103. The van der Waals surface area contributed by atoms with Crippen LogP contribution >= 0.6 is 0 Å². The maximum atomic E-state index is 12.5. The Bertz CT molecular complexity index is 629. The number of hydrogen-bond donors (Lipinski definition) is 2. The minimum Gasteiger partial charge on any atom is -0.324 e. The maximum absolute atomic E-state index is 12.5. The zero-order valence-electron chi connectivity index (χ0n) is 11.3. The van der Waals surface area contributed by atoms with Crippen molar-refractivity contribution in [2.75, 3.05) is 5.32 Å². The normalized spacial score (nSPS) is 17.9. The zero-order valence-corrected chi connectivity index (χ0v) is 11.3. The van der Waals surface area contributed by atoms with E-state index in [9.17, 15) is 4.79 Å². The fraction of sp³-hybridized carbons (Fsp3) is 0.400. The molecule has 1 fully saturated rings. The molecule has 0 spiro atoms. The number of nitrogens with one attached hydrogen (secondary N) is 1. The molecular formula is C15H18N4O. The van der Waals surface area contributed by atoms with Crippen LogP contribution in [-0.2, 0) is 4.79 Å². The highest BCUT2D eigenvalue weighted by atomic mass is 16.2. The van der Waals surface area contributed by atoms with Crippen LogP contribution in [0.3, 0.4) is 0 Å². The van der Waals surface area contributed by atoms with E-state index in [1.54, 1.807) is 24.7 Å². The summed E-state index contributed by atoms with van der Waals surface area (Å²) < 4.78 is 0. The lowest BCUT2D eigenvalue weighted by Gasteiger charge is -2.31. The molecule has 1 aliphatic rings. The van der Waals surface area contributed by atoms with Gasteiger partial charge in [-0.2, -0.15) is 0 Å². The van der Waals surface area contributed by atoms with Gasteiger partial charge in [-0.15, -0.1) is 0 Å². The smallest absolute Gasteiger partial charge is 0.244 e. The molecular weight excluding hydrogens is 252 g/mol. The summed E-state index contributed by atoms with van der Waals surface area (Å²) in [4.78, 5) is 20.8. The Morgan fingerprint density at radius 1 is 1.20 bits per heavy atom. The van der Waals surface area contributed by atoms with E-state index in [0.29, 0.717) is 0 Å². The van der Waals surface area contributed by atoms with Gasteiger partial charge in [-0.05, 0) is 25.0 Å². The summed E-state index contributed by atoms with van der Waals surface area (Å²) in [6.07, 6.45) is 9.77. The number of carbonyl (C=O) groups excluding carboxylic acids is 1. The molecule has 5 nitrogen and oxygen atoms in total. The van der Waals surface area contributed by atoms with Crippen molar-refractivity contribution in [3.8, 4) is 0 Å². The monoisotopic (exact) mass is 270 g/mol. The van der Waals surface area contributed by atoms with Crippen LogP contribution in [0.1, 0.15) is 32.1 Å². The van der Waals surface area contributed by atoms with Gasteiger partial charge in [-0.1, -0.05) is 19.3 Å². The molecule has 0 radical (unpaired) electrons. The van der Waals surface area contributed by atoms with E-state index in [0.717, 1.165) is 48.7 Å². The van der Waals surface area contributed by atoms with Gasteiger partial charge in [0.05, 0.1) is 16.7 Å². The topological polar surface area (TPSA) is 80.9 Å². The molecule has 0 aliphatic heterocycles. The molecule has 2 aromatic rings. The number of amides is 1. The first-order valence-corrected chi connectivity index (χ1v) is 6.98. The molecule has 2 aromatic heterocycles. The van der Waals surface area contributed by atoms with Crippen molar-refractivity contribution in [2.45, 2.75) is 37.6 Å². The van der Waals surface area contributed by atoms with E-state index in [1.807, 2.05) is 6.07 Å². The van der Waals surface area contributed by atoms with Gasteiger partial charge in [0, 0.05) is 24.0 Å². The highest BCUT2D eigenvalue weighted by Gasteiger charge is 2.35. The molecule has 0 aromatic carbocycles. The molecule has 20 heavy (non-hydrogen) atoms. The van der Waals surface area contributed by atoms with Crippen LogP contribution in [0, 0.1) is 0 Å². The highest BCUT2D eigenvalue weighted by Crippen LogP contribution is 2.28. The summed E-state index contributed by atoms with van der Waals surface area (Å²) >= 11 is 0. The fourth-order valence-electron chi connectivity index (χ4n) is 2.75. The quantitative estimate of drug-likeness (QED) is 0.876. The Balaban J connectivity index is 1.87. The molecule has 5 heteroatoms. The minimum atomic E-state index is -0.740. The number of anilines is 1. The molecule has 0 unspecified atom stereocenters. The van der Waals surface area contributed by atoms with Crippen molar-refractivity contribution in [1.82, 2.24) is 9.97 Å². The van der Waals surface area contributed by atoms with Crippen LogP contribution < -0.4 is 11.1 Å². The number of rotatable bonds is 2. The maximum Gasteiger partial charge on any atom is 0.244 e. The van der Waals surface area contributed by atoms with E-state index < -0.39 is 5.54 Å². The van der Waals surface area contributed by atoms with Gasteiger partial charge in [-0.25, -0.2) is 0 Å². The van der Waals surface area contributed by atoms with Crippen molar-refractivity contribution < 1.29 is 4.79 Å². The van der Waals surface area contributed by atoms with Crippen LogP contribution in [0.25, 0.3) is 10.9 Å². The Morgan fingerprint density at radius 3 is 2.80 bits per heavy atom. The number of pyridine rings is 2. The first-order valence-electron chi connectivity index (χ1n) is 6.98. The van der Waals surface area contributed by atoms with Crippen LogP contribution in [-0.4, -0.2) is 21.4 Å². The second kappa shape index (κ2) is 5.17. The summed E-state index contributed by atoms with van der Waals surface area (Å²) in [6, 6.07) is 3.61. The lowest BCUT2D eigenvalue weighted by molar-refractivity contribution is -0.122. The van der Waals surface area contributed by atoms with Gasteiger partial charge >= 0.3 is 0 Å². The molecule has 1 saturated carbocycles. The average molecular weight is 270 g/mol. The van der Waals surface area contributed by atoms with Crippen LogP contribution in [0.5, 0.6) is 0 Å². The third-order valence-corrected chi connectivity index (χ3v) is 3.99. The Kier molecular flexibility index (Phi) is 3.36. The average Bonchev–Trinajstić information content (AvgIpc) is 2.48. The lowest BCUT2D eigenvalue weighted by atomic mass is 9.82. The van der Waals surface area contributed by atoms with E-state index in [-0.39, 0.29) is 5.91 Å². The number of hydrogen-bond acceptors (Lipinski definition) is 4. The van der Waals surface area contributed by atoms with E-state index in [2.05, 4.69) is 15.3 Å². The van der Waals surface area contributed by atoms with Crippen LogP contribution in [0.2, 0.25) is 0 Å². The molecule has 3 rings (SSSR count). The highest BCUT2D eigenvalue weighted by molar-refractivity contribution is 6.04. The second-order valence-electron chi connectivity index (χ2n) is 5.42. The summed E-state index contributed by atoms with van der Waals surface area (Å²) in [5.41, 5.74) is 7.05. The predicted octanol–water partition coefficient (Wildman–Crippen LogP) is 2.23. The molecule has 0 bridgehead atoms. The summed E-state index contributed by atoms with van der Waals surface area (Å²) in [5.74, 6) is -0.103. The van der Waals surface area contributed by atoms with Crippen molar-refractivity contribution >= 4 is 22.5 Å². The number of fused-ring (bicyclic) bond motifs is 1. The van der Waals surface area contributed by atoms with Crippen molar-refractivity contribution in [2.24, 2.45) is 5.73 Å². The van der Waals surface area contributed by atoms with Crippen molar-refractivity contribution in [3.63, 3.8) is 0 Å². The Morgan fingerprint density at radius 2 is 2.00 bits per heavy atom. The largest absolute Gasteiger partial charge is 0.324 e. The molecule has 104 valence electrons. The number of nitrogens with two attached hydrogens (primary N) is 1. The van der Waals surface area contributed by atoms with E-state index in [1.165, 1.54) is 0 Å². The number of nitrogens with zero attached hydrogens (tertiary/aromatic N) is 2. The van der Waals surface area contributed by atoms with E-state index in [4.69, 9.17) is 5.73 Å². The van der Waals surface area contributed by atoms with Crippen LogP contribution in [0.15, 0.2) is 30.7 Å². The van der Waals surface area contributed by atoms with Gasteiger partial charge in [0.25, 0.3) is 0 Å². The van der Waals surface area contributed by atoms with Crippen molar-refractivity contribution in [1.29, 1.82) is 0 Å². The van der Waals surface area contributed by atoms with Gasteiger partial charge in [0.15, 0.2) is 0 Å². The summed E-state index contributed by atoms with van der Waals surface area (Å²) in [5, 5.41) is 3.79. The Hall–Kier alpha value is -2.01. The summed E-state index contributed by atoms with van der Waals surface area (Å²) in [6.45, 7) is 0. The van der Waals surface area contributed by atoms with Gasteiger partial charge in [0.1, 0.15) is 0 Å². The molecule has 0 atom stereocenters. The fourth-order valence-corrected chi connectivity index (χ4v) is 2.75. The number of carbonyl (C=O) groups is 1. The standard InChI is InChI=1S/C15H18N4O/c16-15(6-2-1-3-7-15)14(20)19-13-5-9-18-12-4-8-17-10-11(12)13/h4-5,8-10H,1-3,6-7,16H2,(H,18,19,20). The third-order valence-electron chi connectivity index (χ3n) is 3.99. The van der Waals surface area contributed by atoms with Crippen molar-refractivity contribution in [3.05, 3.63) is 30.7 Å². The zero-order chi connectivity index (χ0) is 14.0. The number of aromatic nitrogens is 2. The van der Waals surface area contributed by atoms with Crippen LogP contribution in [0.4, 0.5) is 5.69 Å². The van der Waals surface area contributed by atoms with Gasteiger partial charge in [0.2, 0.25) is 5.91 Å². The molecule has 3 N–H and O–H groups in total. The lowest BCUT2D eigenvalue weighted by Crippen LogP contribution is -2.52. The predicted molar refractivity (Wildman–Crippen MR) is 78.2 cm³/mol. The van der Waals surface area contributed by atoms with Gasteiger partial charge in [-0.3, -0.25) is 14.8 Å². The third kappa shape index (κ3) is 2.36. The summed E-state index contributed by atoms with van der Waals surface area (Å²) in [7, 11) is 0. The molecule has 1 amide bonds. The van der Waals surface area contributed by atoms with Gasteiger partial charge < -0.3 is 11.1 Å². The Labute approximate surface area is 117 Å². The first kappa shape index (κ1) is 13.0. The molecule has 2 heterocycles. The van der Waals surface area contributed by atoms with E-state index >= 15 is 0 Å². The second-order valence-corrected chi connectivity index (χ2v) is 5.42. The molecule has 1 aliphatic carbocycles.